The number of rotatable bonds is 10. The van der Waals surface area contributed by atoms with Crippen LogP contribution in [0.15, 0.2) is 23.1 Å². The largest absolute Gasteiger partial charge is 0.490 e. The topological polar surface area (TPSA) is 106 Å². The summed E-state index contributed by atoms with van der Waals surface area (Å²) >= 11 is 0. The third kappa shape index (κ3) is 7.17. The molecule has 2 rings (SSSR count). The first-order valence-electron chi connectivity index (χ1n) is 8.85. The van der Waals surface area contributed by atoms with E-state index in [-0.39, 0.29) is 35.8 Å². The van der Waals surface area contributed by atoms with Gasteiger partial charge in [-0.15, -0.1) is 12.4 Å². The Hall–Kier alpha value is -1.55. The molecule has 0 aliphatic carbocycles. The number of nitrogens with one attached hydrogen (secondary N) is 3. The second-order valence-electron chi connectivity index (χ2n) is 5.90. The summed E-state index contributed by atoms with van der Waals surface area (Å²) in [7, 11) is -3.83. The van der Waals surface area contributed by atoms with Gasteiger partial charge in [0.25, 0.3) is 0 Å². The Morgan fingerprint density at radius 2 is 1.93 bits per heavy atom. The van der Waals surface area contributed by atoms with Crippen LogP contribution in [0.3, 0.4) is 0 Å². The van der Waals surface area contributed by atoms with Crippen molar-refractivity contribution in [2.75, 3.05) is 32.8 Å². The number of carbonyl (C=O) groups excluding carboxylic acids is 1. The second-order valence-corrected chi connectivity index (χ2v) is 7.66. The van der Waals surface area contributed by atoms with Gasteiger partial charge in [-0.2, -0.15) is 0 Å². The molecule has 1 aromatic rings. The molecule has 3 N–H and O–H groups in total. The van der Waals surface area contributed by atoms with Gasteiger partial charge in [0.2, 0.25) is 15.9 Å². The molecule has 27 heavy (non-hydrogen) atoms. The van der Waals surface area contributed by atoms with E-state index in [9.17, 15) is 13.2 Å². The summed E-state index contributed by atoms with van der Waals surface area (Å²) in [4.78, 5) is 11.9. The molecule has 1 aliphatic rings. The lowest BCUT2D eigenvalue weighted by atomic mass is 10.2. The fraction of sp³-hybridized carbons (Fsp3) is 0.588. The molecule has 1 aliphatic heterocycles. The van der Waals surface area contributed by atoms with Crippen LogP contribution in [0.25, 0.3) is 0 Å². The Morgan fingerprint density at radius 3 is 2.56 bits per heavy atom. The SMILES string of the molecule is CCOc1ccc(S(=O)(=O)NCC(=O)NCC2CCCN2)cc1OCC.Cl. The Balaban J connectivity index is 0.00000364. The van der Waals surface area contributed by atoms with Crippen molar-refractivity contribution in [2.45, 2.75) is 37.6 Å². The molecule has 1 saturated heterocycles. The van der Waals surface area contributed by atoms with Crippen molar-refractivity contribution in [1.29, 1.82) is 0 Å². The second kappa shape index (κ2) is 11.3. The van der Waals surface area contributed by atoms with Crippen molar-refractivity contribution in [1.82, 2.24) is 15.4 Å². The number of hydrogen-bond acceptors (Lipinski definition) is 6. The molecule has 1 unspecified atom stereocenters. The summed E-state index contributed by atoms with van der Waals surface area (Å²) in [5, 5.41) is 6.00. The molecule has 0 spiro atoms. The normalized spacial score (nSPS) is 16.4. The zero-order chi connectivity index (χ0) is 19.0. The Bertz CT molecular complexity index is 709. The van der Waals surface area contributed by atoms with Crippen LogP contribution in [0, 0.1) is 0 Å². The molecule has 10 heteroatoms. The molecule has 1 aromatic carbocycles. The first kappa shape index (κ1) is 23.5. The van der Waals surface area contributed by atoms with Crippen LogP contribution in [0.4, 0.5) is 0 Å². The third-order valence-electron chi connectivity index (χ3n) is 3.96. The highest BCUT2D eigenvalue weighted by molar-refractivity contribution is 7.89. The Morgan fingerprint density at radius 1 is 1.22 bits per heavy atom. The minimum absolute atomic E-state index is 0. The molecule has 0 saturated carbocycles. The van der Waals surface area contributed by atoms with Crippen molar-refractivity contribution >= 4 is 28.3 Å². The number of carbonyl (C=O) groups is 1. The average Bonchev–Trinajstić information content (AvgIpc) is 3.13. The molecule has 0 bridgehead atoms. The lowest BCUT2D eigenvalue weighted by Gasteiger charge is -2.14. The van der Waals surface area contributed by atoms with E-state index in [2.05, 4.69) is 15.4 Å². The lowest BCUT2D eigenvalue weighted by Crippen LogP contribution is -2.42. The molecule has 1 heterocycles. The van der Waals surface area contributed by atoms with Crippen molar-refractivity contribution in [3.05, 3.63) is 18.2 Å². The number of ether oxygens (including phenoxy) is 2. The summed E-state index contributed by atoms with van der Waals surface area (Å²) in [5.74, 6) is 0.474. The molecule has 1 fully saturated rings. The highest BCUT2D eigenvalue weighted by Gasteiger charge is 2.19. The molecule has 0 radical (unpaired) electrons. The van der Waals surface area contributed by atoms with E-state index >= 15 is 0 Å². The van der Waals surface area contributed by atoms with Gasteiger partial charge in [0.15, 0.2) is 11.5 Å². The van der Waals surface area contributed by atoms with Crippen LogP contribution in [0.5, 0.6) is 11.5 Å². The third-order valence-corrected chi connectivity index (χ3v) is 5.35. The summed E-state index contributed by atoms with van der Waals surface area (Å²) in [6.45, 7) is 5.60. The van der Waals surface area contributed by atoms with E-state index in [0.717, 1.165) is 19.4 Å². The molecule has 0 aromatic heterocycles. The van der Waals surface area contributed by atoms with Crippen LogP contribution < -0.4 is 24.8 Å². The average molecular weight is 422 g/mol. The maximum Gasteiger partial charge on any atom is 0.241 e. The predicted octanol–water partition coefficient (Wildman–Crippen LogP) is 1.05. The minimum Gasteiger partial charge on any atom is -0.490 e. The van der Waals surface area contributed by atoms with Gasteiger partial charge in [-0.25, -0.2) is 13.1 Å². The Kier molecular flexibility index (Phi) is 9.86. The van der Waals surface area contributed by atoms with Crippen molar-refractivity contribution in [2.24, 2.45) is 0 Å². The zero-order valence-electron chi connectivity index (χ0n) is 15.6. The van der Waals surface area contributed by atoms with E-state index in [1.165, 1.54) is 12.1 Å². The van der Waals surface area contributed by atoms with Gasteiger partial charge in [0.05, 0.1) is 24.7 Å². The van der Waals surface area contributed by atoms with Crippen molar-refractivity contribution in [3.63, 3.8) is 0 Å². The van der Waals surface area contributed by atoms with Gasteiger partial charge in [-0.3, -0.25) is 4.79 Å². The van der Waals surface area contributed by atoms with Crippen LogP contribution in [0.1, 0.15) is 26.7 Å². The number of amides is 1. The Labute approximate surface area is 166 Å². The van der Waals surface area contributed by atoms with Gasteiger partial charge < -0.3 is 20.1 Å². The maximum absolute atomic E-state index is 12.4. The number of halogens is 1. The van der Waals surface area contributed by atoms with E-state index in [1.807, 2.05) is 6.92 Å². The van der Waals surface area contributed by atoms with Crippen molar-refractivity contribution < 1.29 is 22.7 Å². The maximum atomic E-state index is 12.4. The fourth-order valence-corrected chi connectivity index (χ4v) is 3.67. The summed E-state index contributed by atoms with van der Waals surface area (Å²) < 4.78 is 38.0. The molecular weight excluding hydrogens is 394 g/mol. The minimum atomic E-state index is -3.83. The quantitative estimate of drug-likeness (QED) is 0.521. The van der Waals surface area contributed by atoms with E-state index in [4.69, 9.17) is 9.47 Å². The first-order valence-corrected chi connectivity index (χ1v) is 10.3. The highest BCUT2D eigenvalue weighted by Crippen LogP contribution is 2.30. The van der Waals surface area contributed by atoms with Gasteiger partial charge in [-0.1, -0.05) is 0 Å². The predicted molar refractivity (Wildman–Crippen MR) is 105 cm³/mol. The highest BCUT2D eigenvalue weighted by atomic mass is 35.5. The van der Waals surface area contributed by atoms with Gasteiger partial charge in [0, 0.05) is 18.7 Å². The fourth-order valence-electron chi connectivity index (χ4n) is 2.67. The first-order chi connectivity index (χ1) is 12.5. The zero-order valence-corrected chi connectivity index (χ0v) is 17.2. The summed E-state index contributed by atoms with van der Waals surface area (Å²) in [6.07, 6.45) is 2.10. The summed E-state index contributed by atoms with van der Waals surface area (Å²) in [5.41, 5.74) is 0. The number of benzene rings is 1. The smallest absolute Gasteiger partial charge is 0.241 e. The van der Waals surface area contributed by atoms with E-state index < -0.39 is 10.0 Å². The monoisotopic (exact) mass is 421 g/mol. The van der Waals surface area contributed by atoms with E-state index in [1.54, 1.807) is 13.0 Å². The number of hydrogen-bond donors (Lipinski definition) is 3. The molecule has 1 atom stereocenters. The molecule has 154 valence electrons. The van der Waals surface area contributed by atoms with Crippen LogP contribution in [-0.4, -0.2) is 53.2 Å². The number of sulfonamides is 1. The summed E-state index contributed by atoms with van der Waals surface area (Å²) in [6, 6.07) is 4.64. The lowest BCUT2D eigenvalue weighted by molar-refractivity contribution is -0.120. The van der Waals surface area contributed by atoms with Gasteiger partial charge >= 0.3 is 0 Å². The molecular formula is C17H28ClN3O5S. The van der Waals surface area contributed by atoms with Crippen molar-refractivity contribution in [3.8, 4) is 11.5 Å². The van der Waals surface area contributed by atoms with Crippen LogP contribution in [0.2, 0.25) is 0 Å². The molecule has 8 nitrogen and oxygen atoms in total. The van der Waals surface area contributed by atoms with E-state index in [0.29, 0.717) is 31.3 Å². The van der Waals surface area contributed by atoms with Crippen LogP contribution >= 0.6 is 12.4 Å². The molecule has 1 amide bonds. The van der Waals surface area contributed by atoms with Gasteiger partial charge in [0.1, 0.15) is 0 Å². The van der Waals surface area contributed by atoms with Gasteiger partial charge in [-0.05, 0) is 45.4 Å². The van der Waals surface area contributed by atoms with Crippen LogP contribution in [-0.2, 0) is 14.8 Å². The standard InChI is InChI=1S/C17H27N3O5S.ClH/c1-3-24-15-8-7-14(10-16(15)25-4-2)26(22,23)20-12-17(21)19-11-13-6-5-9-18-13;/h7-8,10,13,18,20H,3-6,9,11-12H2,1-2H3,(H,19,21);1H.